The number of alkyl halides is 3. The Hall–Kier alpha value is -0.210. The molecule has 0 saturated heterocycles. The maximum Gasteiger partial charge on any atom is 0.389 e. The van der Waals surface area contributed by atoms with E-state index in [2.05, 4.69) is 6.92 Å². The molecule has 0 amide bonds. The summed E-state index contributed by atoms with van der Waals surface area (Å²) in [4.78, 5) is 0. The van der Waals surface area contributed by atoms with Gasteiger partial charge in [0, 0.05) is 6.42 Å². The lowest BCUT2D eigenvalue weighted by molar-refractivity contribution is -0.135. The number of hydrogen-bond acceptors (Lipinski definition) is 0. The Labute approximate surface area is 97.6 Å². The van der Waals surface area contributed by atoms with Gasteiger partial charge in [-0.15, -0.1) is 0 Å². The molecule has 0 fully saturated rings. The van der Waals surface area contributed by atoms with Gasteiger partial charge in [0.2, 0.25) is 0 Å². The van der Waals surface area contributed by atoms with Crippen molar-refractivity contribution in [3.63, 3.8) is 0 Å². The van der Waals surface area contributed by atoms with Crippen molar-refractivity contribution in [2.75, 3.05) is 0 Å². The van der Waals surface area contributed by atoms with Crippen LogP contribution < -0.4 is 0 Å². The molecule has 97 valence electrons. The zero-order valence-electron chi connectivity index (χ0n) is 10.1. The van der Waals surface area contributed by atoms with Crippen molar-refractivity contribution in [1.82, 2.24) is 0 Å². The van der Waals surface area contributed by atoms with Gasteiger partial charge in [0.25, 0.3) is 0 Å². The van der Waals surface area contributed by atoms with E-state index < -0.39 is 12.6 Å². The van der Waals surface area contributed by atoms with Gasteiger partial charge in [0.15, 0.2) is 0 Å². The molecule has 0 heterocycles. The van der Waals surface area contributed by atoms with E-state index in [9.17, 15) is 13.2 Å². The van der Waals surface area contributed by atoms with E-state index in [1.54, 1.807) is 0 Å². The van der Waals surface area contributed by atoms with Gasteiger partial charge in [-0.1, -0.05) is 64.7 Å². The molecule has 0 aliphatic carbocycles. The molecule has 0 aromatic carbocycles. The van der Waals surface area contributed by atoms with Crippen LogP contribution in [0.3, 0.4) is 0 Å². The quantitative estimate of drug-likeness (QED) is 0.429. The second-order valence-corrected chi connectivity index (χ2v) is 4.40. The maximum absolute atomic E-state index is 11.8. The fraction of sp³-hybridized carbons (Fsp3) is 0.923. The molecule has 0 saturated carbocycles. The summed E-state index contributed by atoms with van der Waals surface area (Å²) in [6, 6.07) is 0. The van der Waals surface area contributed by atoms with E-state index in [0.29, 0.717) is 6.42 Å². The molecule has 0 rings (SSSR count). The van der Waals surface area contributed by atoms with Gasteiger partial charge in [0.05, 0.1) is 0 Å². The standard InChI is InChI=1S/C13H24F3/c1-2-3-4-5-6-7-8-9-10-11-12-13(14,15)16/h1-12H2. The molecule has 0 aromatic heterocycles. The number of unbranched alkanes of at least 4 members (excludes halogenated alkanes) is 9. The fourth-order valence-corrected chi connectivity index (χ4v) is 1.74. The predicted octanol–water partition coefficient (Wildman–Crippen LogP) is 5.67. The molecule has 0 atom stereocenters. The predicted molar refractivity (Wildman–Crippen MR) is 62.2 cm³/mol. The molecule has 0 N–H and O–H groups in total. The first-order valence-electron chi connectivity index (χ1n) is 6.42. The van der Waals surface area contributed by atoms with Crippen molar-refractivity contribution in [3.05, 3.63) is 6.92 Å². The highest BCUT2D eigenvalue weighted by atomic mass is 19.4. The first-order chi connectivity index (χ1) is 7.56. The zero-order valence-corrected chi connectivity index (χ0v) is 10.1. The summed E-state index contributed by atoms with van der Waals surface area (Å²) in [5.74, 6) is 0. The zero-order chi connectivity index (χ0) is 12.3. The van der Waals surface area contributed by atoms with Gasteiger partial charge in [-0.3, -0.25) is 0 Å². The SMILES string of the molecule is [CH2]CCCCCCCCCCCC(F)(F)F. The van der Waals surface area contributed by atoms with Crippen LogP contribution in [0.25, 0.3) is 0 Å². The van der Waals surface area contributed by atoms with Crippen LogP contribution in [-0.2, 0) is 0 Å². The lowest BCUT2D eigenvalue weighted by Gasteiger charge is -2.05. The van der Waals surface area contributed by atoms with Crippen molar-refractivity contribution in [3.8, 4) is 0 Å². The van der Waals surface area contributed by atoms with Gasteiger partial charge < -0.3 is 0 Å². The van der Waals surface area contributed by atoms with E-state index >= 15 is 0 Å². The van der Waals surface area contributed by atoms with Crippen LogP contribution in [0.1, 0.15) is 70.6 Å². The molecular formula is C13H24F3. The molecule has 0 unspecified atom stereocenters. The summed E-state index contributed by atoms with van der Waals surface area (Å²) in [7, 11) is 0. The Balaban J connectivity index is 2.99. The van der Waals surface area contributed by atoms with Crippen LogP contribution in [0.4, 0.5) is 13.2 Å². The van der Waals surface area contributed by atoms with Crippen LogP contribution >= 0.6 is 0 Å². The van der Waals surface area contributed by atoms with Crippen molar-refractivity contribution in [2.45, 2.75) is 76.8 Å². The van der Waals surface area contributed by atoms with Crippen molar-refractivity contribution in [1.29, 1.82) is 0 Å². The first kappa shape index (κ1) is 15.8. The molecular weight excluding hydrogens is 213 g/mol. The second-order valence-electron chi connectivity index (χ2n) is 4.40. The number of hydrogen-bond donors (Lipinski definition) is 0. The van der Waals surface area contributed by atoms with Gasteiger partial charge in [-0.25, -0.2) is 0 Å². The Bertz CT molecular complexity index is 141. The minimum Gasteiger partial charge on any atom is -0.171 e. The molecule has 16 heavy (non-hydrogen) atoms. The van der Waals surface area contributed by atoms with Crippen LogP contribution in [0.5, 0.6) is 0 Å². The van der Waals surface area contributed by atoms with Crippen LogP contribution in [-0.4, -0.2) is 6.18 Å². The Morgan fingerprint density at radius 3 is 1.38 bits per heavy atom. The summed E-state index contributed by atoms with van der Waals surface area (Å²) < 4.78 is 35.4. The maximum atomic E-state index is 11.8. The third-order valence-corrected chi connectivity index (χ3v) is 2.71. The van der Waals surface area contributed by atoms with E-state index in [1.165, 1.54) is 32.1 Å². The number of rotatable bonds is 10. The Morgan fingerprint density at radius 1 is 0.625 bits per heavy atom. The summed E-state index contributed by atoms with van der Waals surface area (Å²) >= 11 is 0. The van der Waals surface area contributed by atoms with Crippen LogP contribution in [0, 0.1) is 6.92 Å². The molecule has 0 aromatic rings. The molecule has 3 heteroatoms. The third kappa shape index (κ3) is 13.8. The van der Waals surface area contributed by atoms with Crippen molar-refractivity contribution < 1.29 is 13.2 Å². The van der Waals surface area contributed by atoms with Crippen LogP contribution in [0.15, 0.2) is 0 Å². The normalized spacial score (nSPS) is 12.0. The summed E-state index contributed by atoms with van der Waals surface area (Å²) in [5.41, 5.74) is 0. The fourth-order valence-electron chi connectivity index (χ4n) is 1.74. The average Bonchev–Trinajstić information content (AvgIpc) is 2.19. The summed E-state index contributed by atoms with van der Waals surface area (Å²) in [6.07, 6.45) is 5.57. The van der Waals surface area contributed by atoms with Gasteiger partial charge in [0.1, 0.15) is 0 Å². The van der Waals surface area contributed by atoms with Crippen LogP contribution in [0.2, 0.25) is 0 Å². The van der Waals surface area contributed by atoms with E-state index in [-0.39, 0.29) is 0 Å². The molecule has 0 bridgehead atoms. The highest BCUT2D eigenvalue weighted by molar-refractivity contribution is 4.52. The average molecular weight is 237 g/mol. The van der Waals surface area contributed by atoms with Gasteiger partial charge in [-0.05, 0) is 6.42 Å². The lowest BCUT2D eigenvalue weighted by Crippen LogP contribution is -2.06. The van der Waals surface area contributed by atoms with E-state index in [0.717, 1.165) is 25.7 Å². The van der Waals surface area contributed by atoms with Crippen molar-refractivity contribution in [2.24, 2.45) is 0 Å². The highest BCUT2D eigenvalue weighted by Gasteiger charge is 2.25. The molecule has 0 spiro atoms. The molecule has 0 aliphatic heterocycles. The second kappa shape index (κ2) is 9.98. The van der Waals surface area contributed by atoms with E-state index in [4.69, 9.17) is 0 Å². The first-order valence-corrected chi connectivity index (χ1v) is 6.42. The minimum absolute atomic E-state index is 0.297. The third-order valence-electron chi connectivity index (χ3n) is 2.71. The number of halogens is 3. The lowest BCUT2D eigenvalue weighted by atomic mass is 10.1. The largest absolute Gasteiger partial charge is 0.389 e. The van der Waals surface area contributed by atoms with Crippen molar-refractivity contribution >= 4 is 0 Å². The Morgan fingerprint density at radius 2 is 1.00 bits per heavy atom. The van der Waals surface area contributed by atoms with Gasteiger partial charge in [-0.2, -0.15) is 13.2 Å². The monoisotopic (exact) mass is 237 g/mol. The Kier molecular flexibility index (Phi) is 9.85. The topological polar surface area (TPSA) is 0 Å². The summed E-state index contributed by atoms with van der Waals surface area (Å²) in [6.45, 7) is 3.78. The summed E-state index contributed by atoms with van der Waals surface area (Å²) in [5, 5.41) is 0. The molecule has 1 radical (unpaired) electrons. The molecule has 0 aliphatic rings. The smallest absolute Gasteiger partial charge is 0.171 e. The van der Waals surface area contributed by atoms with Gasteiger partial charge >= 0.3 is 6.18 Å². The van der Waals surface area contributed by atoms with E-state index in [1.807, 2.05) is 0 Å². The highest BCUT2D eigenvalue weighted by Crippen LogP contribution is 2.23. The molecule has 0 nitrogen and oxygen atoms in total. The minimum atomic E-state index is -3.96.